The lowest BCUT2D eigenvalue weighted by Gasteiger charge is -2.28. The van der Waals surface area contributed by atoms with Crippen LogP contribution in [0.2, 0.25) is 10.3 Å². The van der Waals surface area contributed by atoms with Crippen LogP contribution in [0.1, 0.15) is 36.5 Å². The Hall–Kier alpha value is -3.65. The van der Waals surface area contributed by atoms with E-state index >= 15 is 0 Å². The van der Waals surface area contributed by atoms with Crippen LogP contribution in [0.4, 0.5) is 38.1 Å². The highest BCUT2D eigenvalue weighted by Gasteiger charge is 2.61. The van der Waals surface area contributed by atoms with Gasteiger partial charge in [-0.25, -0.2) is 19.9 Å². The highest BCUT2D eigenvalue weighted by Crippen LogP contribution is 2.58. The van der Waals surface area contributed by atoms with E-state index in [1.807, 2.05) is 0 Å². The van der Waals surface area contributed by atoms with Crippen molar-refractivity contribution in [2.75, 3.05) is 22.9 Å². The smallest absolute Gasteiger partial charge is 0.349 e. The van der Waals surface area contributed by atoms with Crippen LogP contribution in [0.5, 0.6) is 0 Å². The van der Waals surface area contributed by atoms with Crippen LogP contribution < -0.4 is 9.80 Å². The molecule has 2 fully saturated rings. The molecule has 4 aromatic rings. The van der Waals surface area contributed by atoms with Gasteiger partial charge in [0.05, 0.1) is 41.7 Å². The second kappa shape index (κ2) is 11.1. The van der Waals surface area contributed by atoms with Gasteiger partial charge in [-0.2, -0.15) is 31.3 Å². The molecule has 1 aromatic carbocycles. The lowest BCUT2D eigenvalue weighted by molar-refractivity contribution is -0.143. The van der Waals surface area contributed by atoms with Gasteiger partial charge >= 0.3 is 12.4 Å². The molecule has 232 valence electrons. The molecule has 2 aliphatic rings. The number of imidazole rings is 1. The number of rotatable bonds is 7. The fraction of sp³-hybridized carbons (Fsp3) is 0.393. The number of hydrogen-bond donors (Lipinski definition) is 0. The van der Waals surface area contributed by atoms with Crippen molar-refractivity contribution in [3.05, 3.63) is 82.5 Å². The van der Waals surface area contributed by atoms with Gasteiger partial charge in [-0.05, 0) is 60.0 Å². The largest absolute Gasteiger partial charge is 0.416 e. The zero-order valence-electron chi connectivity index (χ0n) is 23.0. The highest BCUT2D eigenvalue weighted by atomic mass is 35.5. The minimum atomic E-state index is -4.97. The van der Waals surface area contributed by atoms with Crippen molar-refractivity contribution in [2.24, 2.45) is 11.8 Å². The minimum Gasteiger partial charge on any atom is -0.349 e. The van der Waals surface area contributed by atoms with E-state index in [1.54, 1.807) is 28.2 Å². The second-order valence-electron chi connectivity index (χ2n) is 11.2. The summed E-state index contributed by atoms with van der Waals surface area (Å²) in [6.45, 7) is 2.51. The number of halogens is 8. The quantitative estimate of drug-likeness (QED) is 0.155. The lowest BCUT2D eigenvalue weighted by Crippen LogP contribution is -2.35. The van der Waals surface area contributed by atoms with Gasteiger partial charge < -0.3 is 14.4 Å². The van der Waals surface area contributed by atoms with Gasteiger partial charge in [0.15, 0.2) is 5.82 Å². The molecule has 1 aliphatic carbocycles. The Kier molecular flexibility index (Phi) is 7.63. The summed E-state index contributed by atoms with van der Waals surface area (Å²) in [5.41, 5.74) is -2.62. The van der Waals surface area contributed by atoms with E-state index in [0.29, 0.717) is 35.4 Å². The zero-order chi connectivity index (χ0) is 31.4. The standard InChI is InChI=1S/C28H24Cl2F6N8/c1-16-7-26(16)8-18(14-44(26)23-22(29)11-38-24(30)41-23)13-43(25-39-9-21(10-40-25)42-3-2-37-15-42)12-17-4-19(27(31,32)33)6-20(5-17)28(34,35)36/h2-6,9-11,15-16,18H,7-8,12-14H2,1H3/t16?,18-,26?/m1/s1. The van der Waals surface area contributed by atoms with Crippen molar-refractivity contribution in [3.8, 4) is 5.69 Å². The van der Waals surface area contributed by atoms with Gasteiger partial charge in [0.2, 0.25) is 11.2 Å². The molecule has 3 atom stereocenters. The molecule has 2 unspecified atom stereocenters. The molecule has 1 spiro atoms. The topological polar surface area (TPSA) is 75.9 Å². The Labute approximate surface area is 257 Å². The van der Waals surface area contributed by atoms with Crippen molar-refractivity contribution in [1.29, 1.82) is 0 Å². The maximum absolute atomic E-state index is 13.6. The summed E-state index contributed by atoms with van der Waals surface area (Å²) in [4.78, 5) is 24.8. The van der Waals surface area contributed by atoms with Crippen molar-refractivity contribution >= 4 is 35.0 Å². The third kappa shape index (κ3) is 6.01. The van der Waals surface area contributed by atoms with E-state index in [9.17, 15) is 26.3 Å². The van der Waals surface area contributed by atoms with Crippen LogP contribution in [0.25, 0.3) is 5.69 Å². The minimum absolute atomic E-state index is 0.0364. The monoisotopic (exact) mass is 656 g/mol. The Bertz CT molecular complexity index is 1620. The van der Waals surface area contributed by atoms with Gasteiger partial charge in [-0.15, -0.1) is 0 Å². The second-order valence-corrected chi connectivity index (χ2v) is 12.0. The fourth-order valence-electron chi connectivity index (χ4n) is 6.08. The Morgan fingerprint density at radius 2 is 1.61 bits per heavy atom. The number of benzene rings is 1. The van der Waals surface area contributed by atoms with E-state index in [2.05, 4.69) is 36.7 Å². The van der Waals surface area contributed by atoms with Crippen LogP contribution in [-0.4, -0.2) is 48.1 Å². The van der Waals surface area contributed by atoms with E-state index in [-0.39, 0.29) is 47.4 Å². The summed E-state index contributed by atoms with van der Waals surface area (Å²) in [6.07, 6.45) is 0.863. The van der Waals surface area contributed by atoms with Gasteiger partial charge in [0.25, 0.3) is 0 Å². The average molecular weight is 657 g/mol. The Morgan fingerprint density at radius 1 is 0.955 bits per heavy atom. The number of nitrogens with zero attached hydrogens (tertiary/aromatic N) is 8. The molecule has 1 saturated heterocycles. The molecule has 0 radical (unpaired) electrons. The number of aromatic nitrogens is 6. The third-order valence-corrected chi connectivity index (χ3v) is 8.65. The van der Waals surface area contributed by atoms with E-state index < -0.39 is 23.5 Å². The maximum Gasteiger partial charge on any atom is 0.416 e. The molecule has 0 N–H and O–H groups in total. The molecule has 44 heavy (non-hydrogen) atoms. The molecule has 8 nitrogen and oxygen atoms in total. The first kappa shape index (κ1) is 30.4. The van der Waals surface area contributed by atoms with Crippen LogP contribution in [0, 0.1) is 11.8 Å². The molecule has 6 rings (SSSR count). The molecule has 1 aliphatic heterocycles. The Balaban J connectivity index is 1.34. The SMILES string of the molecule is CC1CC12C[C@H](CN(Cc1cc(C(F)(F)F)cc(C(F)(F)F)c1)c1ncc(-n3ccnc3)cn1)CN2c1nc(Cl)ncc1Cl. The third-order valence-electron chi connectivity index (χ3n) is 8.20. The average Bonchev–Trinajstić information content (AvgIpc) is 3.30. The summed E-state index contributed by atoms with van der Waals surface area (Å²) in [5, 5.41) is 0.363. The van der Waals surface area contributed by atoms with Crippen molar-refractivity contribution in [1.82, 2.24) is 29.5 Å². The predicted octanol–water partition coefficient (Wildman–Crippen LogP) is 7.11. The predicted molar refractivity (Wildman–Crippen MR) is 151 cm³/mol. The number of anilines is 2. The van der Waals surface area contributed by atoms with Gasteiger partial charge in [-0.3, -0.25) is 0 Å². The Morgan fingerprint density at radius 3 is 2.18 bits per heavy atom. The van der Waals surface area contributed by atoms with Crippen molar-refractivity contribution in [3.63, 3.8) is 0 Å². The maximum atomic E-state index is 13.6. The molecule has 4 heterocycles. The molecule has 1 saturated carbocycles. The fourth-order valence-corrected chi connectivity index (χ4v) is 6.40. The van der Waals surface area contributed by atoms with Crippen molar-refractivity contribution < 1.29 is 26.3 Å². The summed E-state index contributed by atoms with van der Waals surface area (Å²) in [7, 11) is 0. The summed E-state index contributed by atoms with van der Waals surface area (Å²) in [6, 6.07) is 1.58. The summed E-state index contributed by atoms with van der Waals surface area (Å²) < 4.78 is 83.6. The van der Waals surface area contributed by atoms with Gasteiger partial charge in [0, 0.05) is 37.6 Å². The molecular formula is C28H24Cl2F6N8. The highest BCUT2D eigenvalue weighted by molar-refractivity contribution is 6.33. The summed E-state index contributed by atoms with van der Waals surface area (Å²) in [5.74, 6) is 0.849. The first-order chi connectivity index (χ1) is 20.7. The van der Waals surface area contributed by atoms with E-state index in [1.165, 1.54) is 18.6 Å². The van der Waals surface area contributed by atoms with Gasteiger partial charge in [0.1, 0.15) is 5.02 Å². The van der Waals surface area contributed by atoms with Gasteiger partial charge in [-0.1, -0.05) is 18.5 Å². The van der Waals surface area contributed by atoms with Crippen molar-refractivity contribution in [2.45, 2.75) is 44.2 Å². The van der Waals surface area contributed by atoms with Crippen LogP contribution in [-0.2, 0) is 18.9 Å². The molecule has 16 heteroatoms. The normalized spacial score (nSPS) is 21.7. The number of hydrogen-bond acceptors (Lipinski definition) is 7. The first-order valence-corrected chi connectivity index (χ1v) is 14.3. The lowest BCUT2D eigenvalue weighted by atomic mass is 10.0. The molecule has 0 amide bonds. The van der Waals surface area contributed by atoms with Crippen LogP contribution in [0.15, 0.2) is 55.5 Å². The first-order valence-electron chi connectivity index (χ1n) is 13.5. The summed E-state index contributed by atoms with van der Waals surface area (Å²) >= 11 is 12.5. The van der Waals surface area contributed by atoms with Crippen LogP contribution >= 0.6 is 23.2 Å². The zero-order valence-corrected chi connectivity index (χ0v) is 24.5. The van der Waals surface area contributed by atoms with E-state index in [4.69, 9.17) is 23.2 Å². The van der Waals surface area contributed by atoms with E-state index in [0.717, 1.165) is 18.6 Å². The molecule has 0 bridgehead atoms. The van der Waals surface area contributed by atoms with Crippen LogP contribution in [0.3, 0.4) is 0 Å². The molecule has 3 aromatic heterocycles. The number of alkyl halides is 6. The molecular weight excluding hydrogens is 633 g/mol.